The highest BCUT2D eigenvalue weighted by atomic mass is 16.6. The van der Waals surface area contributed by atoms with Gasteiger partial charge in [0.25, 0.3) is 0 Å². The van der Waals surface area contributed by atoms with Crippen molar-refractivity contribution in [2.75, 3.05) is 6.54 Å². The maximum atomic E-state index is 5.45. The Hall–Kier alpha value is -2.21. The van der Waals surface area contributed by atoms with Gasteiger partial charge in [0, 0.05) is 12.6 Å². The molecule has 0 bridgehead atoms. The molecule has 0 aliphatic carbocycles. The first-order valence-corrected chi connectivity index (χ1v) is 7.19. The van der Waals surface area contributed by atoms with Crippen molar-refractivity contribution in [3.8, 4) is 0 Å². The Balaban J connectivity index is 1.62. The van der Waals surface area contributed by atoms with Crippen molar-refractivity contribution in [1.82, 2.24) is 20.4 Å². The molecule has 6 nitrogen and oxygen atoms in total. The summed E-state index contributed by atoms with van der Waals surface area (Å²) in [4.78, 5) is 2.41. The summed E-state index contributed by atoms with van der Waals surface area (Å²) in [5.74, 6) is 0.954. The lowest BCUT2D eigenvalue weighted by molar-refractivity contribution is 0.207. The van der Waals surface area contributed by atoms with Gasteiger partial charge in [-0.3, -0.25) is 4.90 Å². The van der Waals surface area contributed by atoms with Gasteiger partial charge < -0.3 is 4.52 Å². The molecule has 1 atom stereocenters. The van der Waals surface area contributed by atoms with Gasteiger partial charge in [-0.2, -0.15) is 0 Å². The average Bonchev–Trinajstić information content (AvgIpc) is 3.18. The van der Waals surface area contributed by atoms with E-state index in [1.807, 2.05) is 25.1 Å². The molecular weight excluding hydrogens is 268 g/mol. The summed E-state index contributed by atoms with van der Waals surface area (Å²) in [7, 11) is 0. The molecule has 1 aromatic carbocycles. The number of hydrogen-bond acceptors (Lipinski definition) is 6. The van der Waals surface area contributed by atoms with Crippen LogP contribution in [0.1, 0.15) is 35.9 Å². The smallest absolute Gasteiger partial charge is 0.154 e. The summed E-state index contributed by atoms with van der Waals surface area (Å²) >= 11 is 0. The molecule has 2 aromatic heterocycles. The van der Waals surface area contributed by atoms with Crippen molar-refractivity contribution >= 4 is 11.0 Å². The van der Waals surface area contributed by atoms with Crippen LogP contribution in [0, 0.1) is 6.92 Å². The van der Waals surface area contributed by atoms with Crippen molar-refractivity contribution in [2.24, 2.45) is 0 Å². The van der Waals surface area contributed by atoms with Gasteiger partial charge >= 0.3 is 0 Å². The van der Waals surface area contributed by atoms with Gasteiger partial charge in [0.2, 0.25) is 0 Å². The quantitative estimate of drug-likeness (QED) is 0.736. The molecule has 0 N–H and O–H groups in total. The van der Waals surface area contributed by atoms with Gasteiger partial charge in [0.05, 0.1) is 11.7 Å². The van der Waals surface area contributed by atoms with Gasteiger partial charge in [0.15, 0.2) is 5.76 Å². The second-order valence-corrected chi connectivity index (χ2v) is 5.55. The standard InChI is InChI=1S/C15H16N4O2/c1-10-8-14(20-16-10)13-6-3-7-19(13)9-11-4-2-5-12-15(11)18-21-17-12/h2,4-5,8,13H,3,6-7,9H2,1H3/t13-/m1/s1. The highest BCUT2D eigenvalue weighted by Gasteiger charge is 2.29. The van der Waals surface area contributed by atoms with E-state index >= 15 is 0 Å². The zero-order valence-corrected chi connectivity index (χ0v) is 11.8. The molecule has 0 saturated carbocycles. The molecule has 0 unspecified atom stereocenters. The van der Waals surface area contributed by atoms with Gasteiger partial charge in [0.1, 0.15) is 11.0 Å². The van der Waals surface area contributed by atoms with Crippen LogP contribution in [0.15, 0.2) is 33.4 Å². The third kappa shape index (κ3) is 2.21. The highest BCUT2D eigenvalue weighted by molar-refractivity contribution is 5.76. The lowest BCUT2D eigenvalue weighted by Gasteiger charge is -2.22. The topological polar surface area (TPSA) is 68.2 Å². The first kappa shape index (κ1) is 12.5. The lowest BCUT2D eigenvalue weighted by atomic mass is 10.1. The number of hydrogen-bond donors (Lipinski definition) is 0. The number of rotatable bonds is 3. The lowest BCUT2D eigenvalue weighted by Crippen LogP contribution is -2.22. The fraction of sp³-hybridized carbons (Fsp3) is 0.400. The minimum atomic E-state index is 0.293. The fourth-order valence-corrected chi connectivity index (χ4v) is 3.09. The molecule has 3 heterocycles. The van der Waals surface area contributed by atoms with Crippen LogP contribution in [-0.4, -0.2) is 26.9 Å². The second kappa shape index (κ2) is 4.96. The molecular formula is C15H16N4O2. The molecule has 6 heteroatoms. The van der Waals surface area contributed by atoms with E-state index in [-0.39, 0.29) is 0 Å². The van der Waals surface area contributed by atoms with E-state index in [4.69, 9.17) is 9.15 Å². The zero-order valence-electron chi connectivity index (χ0n) is 11.8. The largest absolute Gasteiger partial charge is 0.359 e. The Morgan fingerprint density at radius 3 is 3.10 bits per heavy atom. The van der Waals surface area contributed by atoms with Crippen molar-refractivity contribution in [3.05, 3.63) is 41.3 Å². The van der Waals surface area contributed by atoms with Gasteiger partial charge in [-0.1, -0.05) is 17.3 Å². The van der Waals surface area contributed by atoms with E-state index in [2.05, 4.69) is 26.4 Å². The van der Waals surface area contributed by atoms with E-state index in [1.54, 1.807) is 0 Å². The molecule has 0 spiro atoms. The third-order valence-electron chi connectivity index (χ3n) is 4.08. The number of aromatic nitrogens is 3. The maximum absolute atomic E-state index is 5.45. The SMILES string of the molecule is Cc1cc([C@H]2CCCN2Cc2cccc3nonc23)on1. The molecule has 0 amide bonds. The molecule has 1 saturated heterocycles. The van der Waals surface area contributed by atoms with Crippen LogP contribution in [0.4, 0.5) is 0 Å². The number of likely N-dealkylation sites (tertiary alicyclic amines) is 1. The first-order valence-electron chi connectivity index (χ1n) is 7.19. The van der Waals surface area contributed by atoms with Crippen LogP contribution < -0.4 is 0 Å². The Bertz CT molecular complexity index is 764. The van der Waals surface area contributed by atoms with Crippen molar-refractivity contribution < 1.29 is 9.15 Å². The van der Waals surface area contributed by atoms with E-state index in [9.17, 15) is 0 Å². The minimum absolute atomic E-state index is 0.293. The van der Waals surface area contributed by atoms with Crippen LogP contribution in [0.25, 0.3) is 11.0 Å². The number of aryl methyl sites for hydroxylation is 1. The van der Waals surface area contributed by atoms with Crippen molar-refractivity contribution in [1.29, 1.82) is 0 Å². The average molecular weight is 284 g/mol. The number of fused-ring (bicyclic) bond motifs is 1. The van der Waals surface area contributed by atoms with Crippen molar-refractivity contribution in [3.63, 3.8) is 0 Å². The molecule has 0 radical (unpaired) electrons. The van der Waals surface area contributed by atoms with Gasteiger partial charge in [-0.05, 0) is 48.3 Å². The fourth-order valence-electron chi connectivity index (χ4n) is 3.09. The van der Waals surface area contributed by atoms with Crippen LogP contribution >= 0.6 is 0 Å². The summed E-state index contributed by atoms with van der Waals surface area (Å²) in [6, 6.07) is 8.30. The molecule has 4 rings (SSSR count). The number of benzene rings is 1. The third-order valence-corrected chi connectivity index (χ3v) is 4.08. The van der Waals surface area contributed by atoms with E-state index in [0.717, 1.165) is 54.0 Å². The van der Waals surface area contributed by atoms with Gasteiger partial charge in [-0.15, -0.1) is 0 Å². The predicted octanol–water partition coefficient (Wildman–Crippen LogP) is 2.86. The normalized spacial score (nSPS) is 19.6. The first-order chi connectivity index (χ1) is 10.3. The van der Waals surface area contributed by atoms with E-state index in [0.29, 0.717) is 6.04 Å². The van der Waals surface area contributed by atoms with Crippen LogP contribution in [0.3, 0.4) is 0 Å². The summed E-state index contributed by atoms with van der Waals surface area (Å²) in [5, 5.41) is 11.9. The monoisotopic (exact) mass is 284 g/mol. The summed E-state index contributed by atoms with van der Waals surface area (Å²) < 4.78 is 10.3. The van der Waals surface area contributed by atoms with Crippen molar-refractivity contribution in [2.45, 2.75) is 32.4 Å². The molecule has 1 aliphatic rings. The molecule has 21 heavy (non-hydrogen) atoms. The number of nitrogens with zero attached hydrogens (tertiary/aromatic N) is 4. The maximum Gasteiger partial charge on any atom is 0.154 e. The summed E-state index contributed by atoms with van der Waals surface area (Å²) in [5.41, 5.74) is 3.71. The Morgan fingerprint density at radius 2 is 2.24 bits per heavy atom. The van der Waals surface area contributed by atoms with E-state index in [1.165, 1.54) is 0 Å². The summed E-state index contributed by atoms with van der Waals surface area (Å²) in [6.07, 6.45) is 2.26. The zero-order chi connectivity index (χ0) is 14.2. The van der Waals surface area contributed by atoms with Crippen LogP contribution in [0.2, 0.25) is 0 Å². The van der Waals surface area contributed by atoms with Gasteiger partial charge in [-0.25, -0.2) is 4.63 Å². The van der Waals surface area contributed by atoms with E-state index < -0.39 is 0 Å². The Kier molecular flexibility index (Phi) is 2.96. The second-order valence-electron chi connectivity index (χ2n) is 5.55. The predicted molar refractivity (Wildman–Crippen MR) is 75.4 cm³/mol. The molecule has 3 aromatic rings. The van der Waals surface area contributed by atoms with Crippen LogP contribution in [0.5, 0.6) is 0 Å². The Labute approximate surface area is 121 Å². The summed E-state index contributed by atoms with van der Waals surface area (Å²) in [6.45, 7) is 3.82. The highest BCUT2D eigenvalue weighted by Crippen LogP contribution is 2.34. The Morgan fingerprint density at radius 1 is 1.29 bits per heavy atom. The molecule has 1 fully saturated rings. The molecule has 108 valence electrons. The molecule has 1 aliphatic heterocycles. The minimum Gasteiger partial charge on any atom is -0.359 e. The van der Waals surface area contributed by atoms with Crippen LogP contribution in [-0.2, 0) is 6.54 Å².